The number of likely N-dealkylation sites (tertiary alicyclic amines) is 2. The van der Waals surface area contributed by atoms with Gasteiger partial charge in [-0.1, -0.05) is 36.4 Å². The fourth-order valence-corrected chi connectivity index (χ4v) is 7.39. The fraction of sp³-hybridized carbons (Fsp3) is 0.366. The first-order valence-electron chi connectivity index (χ1n) is 18.5. The molecule has 2 amide bonds. The molecule has 2 saturated heterocycles. The van der Waals surface area contributed by atoms with Crippen LogP contribution in [0.15, 0.2) is 94.8 Å². The smallest absolute Gasteiger partial charge is 0.410 e. The molecule has 2 aromatic carbocycles. The maximum absolute atomic E-state index is 13.3. The van der Waals surface area contributed by atoms with E-state index < -0.39 is 11.2 Å². The molecule has 4 aromatic heterocycles. The Bertz CT molecular complexity index is 2380. The van der Waals surface area contributed by atoms with Crippen LogP contribution in [0.25, 0.3) is 22.4 Å². The summed E-state index contributed by atoms with van der Waals surface area (Å²) < 4.78 is 18.3. The van der Waals surface area contributed by atoms with Crippen LogP contribution in [-0.4, -0.2) is 74.6 Å². The van der Waals surface area contributed by atoms with E-state index in [1.807, 2.05) is 121 Å². The zero-order valence-electron chi connectivity index (χ0n) is 33.5. The van der Waals surface area contributed by atoms with Crippen LogP contribution in [0.2, 0.25) is 0 Å². The van der Waals surface area contributed by atoms with Crippen LogP contribution in [0.4, 0.5) is 9.59 Å². The fourth-order valence-electron chi connectivity index (χ4n) is 6.75. The Hall–Kier alpha value is -4.75. The van der Waals surface area contributed by atoms with Gasteiger partial charge in [0, 0.05) is 29.1 Å². The molecule has 6 aromatic rings. The Morgan fingerprint density at radius 2 is 1.03 bits per heavy atom. The van der Waals surface area contributed by atoms with Gasteiger partial charge in [0.1, 0.15) is 22.2 Å². The third kappa shape index (κ3) is 8.80. The molecule has 6 heterocycles. The molecule has 2 aliphatic heterocycles. The monoisotopic (exact) mass is 940 g/mol. The van der Waals surface area contributed by atoms with Crippen LogP contribution >= 0.6 is 49.6 Å². The first kappa shape index (κ1) is 44.4. The largest absolute Gasteiger partial charge is 0.444 e. The van der Waals surface area contributed by atoms with E-state index in [-0.39, 0.29) is 62.4 Å². The number of hydrogen-bond acceptors (Lipinski definition) is 8. The van der Waals surface area contributed by atoms with Crippen molar-refractivity contribution in [1.82, 2.24) is 38.2 Å². The van der Waals surface area contributed by atoms with Crippen molar-refractivity contribution in [2.75, 3.05) is 13.1 Å². The average Bonchev–Trinajstić information content (AvgIpc) is 3.65. The second kappa shape index (κ2) is 17.2. The van der Waals surface area contributed by atoms with Gasteiger partial charge >= 0.3 is 12.2 Å². The highest BCUT2D eigenvalue weighted by Gasteiger charge is 2.41. The van der Waals surface area contributed by atoms with Crippen molar-refractivity contribution in [2.45, 2.75) is 84.6 Å². The summed E-state index contributed by atoms with van der Waals surface area (Å²) in [6.45, 7) is 14.1. The number of carbonyl (C=O) groups excluding carboxylic acids is 2. The molecule has 0 radical (unpaired) electrons. The minimum absolute atomic E-state index is 0. The molecule has 0 aliphatic carbocycles. The summed E-state index contributed by atoms with van der Waals surface area (Å²) in [7, 11) is 0. The van der Waals surface area contributed by atoms with E-state index in [1.54, 1.807) is 40.4 Å². The van der Waals surface area contributed by atoms with Crippen molar-refractivity contribution in [3.63, 3.8) is 0 Å². The van der Waals surface area contributed by atoms with E-state index >= 15 is 0 Å². The van der Waals surface area contributed by atoms with Gasteiger partial charge in [-0.2, -0.15) is 37.2 Å². The van der Waals surface area contributed by atoms with Gasteiger partial charge in [-0.05, 0) is 126 Å². The van der Waals surface area contributed by atoms with Crippen molar-refractivity contribution >= 4 is 72.8 Å². The molecule has 8 rings (SSSR count). The number of aromatic nitrogens is 6. The minimum Gasteiger partial charge on any atom is -0.444 e. The Balaban J connectivity index is 0.000000214. The van der Waals surface area contributed by atoms with Crippen molar-refractivity contribution in [3.05, 3.63) is 127 Å². The van der Waals surface area contributed by atoms with Crippen LogP contribution in [0, 0.1) is 10.5 Å². The second-order valence-electron chi connectivity index (χ2n) is 15.9. The summed E-state index contributed by atoms with van der Waals surface area (Å²) in [6.07, 6.45) is 4.23. The zero-order chi connectivity index (χ0) is 40.1. The molecular weight excluding hydrogens is 892 g/mol. The van der Waals surface area contributed by atoms with Gasteiger partial charge in [-0.15, -0.1) is 0 Å². The third-order valence-electron chi connectivity index (χ3n) is 9.50. The lowest BCUT2D eigenvalue weighted by molar-refractivity contribution is -0.00897. The van der Waals surface area contributed by atoms with Gasteiger partial charge in [-0.3, -0.25) is 28.5 Å². The number of amides is 2. The number of ether oxygens (including phenoxy) is 2. The standard InChI is InChI=1S/C21H24N4O3.C20H21IN4O3.2H2S/c1-14-10-13-24-17(14)19(26)25(15-8-6-5-7-9-15)18(22-24)16-11-12-23(16)20(27)28-21(2,3)4;1-20(2,3)28-19(27)23-11-10-15(23)17-22-24-12-9-14(21)16(24)18(26)25(17)13-7-5-4-6-8-13;;/h5-10,13,16H,11-12H2,1-4H3;4-9,12,15H,10-11H2,1-3H3;2*1H2/t16-;15-;;/m00../s1. The summed E-state index contributed by atoms with van der Waals surface area (Å²) in [5.74, 6) is 1.07. The van der Waals surface area contributed by atoms with Gasteiger partial charge in [0.25, 0.3) is 11.1 Å². The van der Waals surface area contributed by atoms with E-state index in [2.05, 4.69) is 22.6 Å². The molecule has 0 saturated carbocycles. The molecular formula is C41H49IN8O6S2. The van der Waals surface area contributed by atoms with Gasteiger partial charge in [0.2, 0.25) is 0 Å². The first-order valence-corrected chi connectivity index (χ1v) is 19.6. The average molecular weight is 941 g/mol. The van der Waals surface area contributed by atoms with E-state index in [0.29, 0.717) is 35.8 Å². The van der Waals surface area contributed by atoms with E-state index in [0.717, 1.165) is 33.4 Å². The van der Waals surface area contributed by atoms with Crippen LogP contribution < -0.4 is 11.1 Å². The molecule has 0 bridgehead atoms. The van der Waals surface area contributed by atoms with Gasteiger partial charge in [-0.25, -0.2) is 18.6 Å². The predicted molar refractivity (Wildman–Crippen MR) is 240 cm³/mol. The highest BCUT2D eigenvalue weighted by atomic mass is 127. The topological polar surface area (TPSA) is 138 Å². The summed E-state index contributed by atoms with van der Waals surface area (Å²) in [6, 6.07) is 21.9. The molecule has 0 N–H and O–H groups in total. The Morgan fingerprint density at radius 1 is 0.638 bits per heavy atom. The van der Waals surface area contributed by atoms with Crippen LogP contribution in [-0.2, 0) is 9.47 Å². The maximum Gasteiger partial charge on any atom is 0.410 e. The number of carbonyl (C=O) groups is 2. The molecule has 308 valence electrons. The van der Waals surface area contributed by atoms with Gasteiger partial charge in [0.15, 0.2) is 11.6 Å². The number of para-hydroxylation sites is 2. The second-order valence-corrected chi connectivity index (χ2v) is 17.0. The lowest BCUT2D eigenvalue weighted by Gasteiger charge is -2.41. The number of halogens is 1. The van der Waals surface area contributed by atoms with Crippen LogP contribution in [0.5, 0.6) is 0 Å². The lowest BCUT2D eigenvalue weighted by atomic mass is 10.0. The first-order chi connectivity index (χ1) is 26.5. The third-order valence-corrected chi connectivity index (χ3v) is 10.4. The summed E-state index contributed by atoms with van der Waals surface area (Å²) in [5.41, 5.74) is 1.93. The Labute approximate surface area is 363 Å². The SMILES string of the molecule is CC(C)(C)OC(=O)N1CC[C@H]1c1nn2ccc(I)c2c(=O)n1-c1ccccc1.Cc1ccn2nc([C@@H]3CCN3C(=O)OC(C)(C)C)n(-c3ccccc3)c(=O)c12.S.S. The highest BCUT2D eigenvalue weighted by Crippen LogP contribution is 2.35. The van der Waals surface area contributed by atoms with E-state index in [4.69, 9.17) is 19.7 Å². The number of aryl methyl sites for hydroxylation is 1. The Kier molecular flexibility index (Phi) is 13.2. The van der Waals surface area contributed by atoms with Crippen LogP contribution in [0.1, 0.15) is 83.7 Å². The number of rotatable bonds is 4. The number of fused-ring (bicyclic) bond motifs is 2. The van der Waals surface area contributed by atoms with Crippen LogP contribution in [0.3, 0.4) is 0 Å². The van der Waals surface area contributed by atoms with Gasteiger partial charge < -0.3 is 9.47 Å². The molecule has 2 atom stereocenters. The summed E-state index contributed by atoms with van der Waals surface area (Å²) in [5, 5.41) is 9.42. The van der Waals surface area contributed by atoms with E-state index in [1.165, 1.54) is 0 Å². The maximum atomic E-state index is 13.3. The number of benzene rings is 2. The molecule has 2 fully saturated rings. The van der Waals surface area contributed by atoms with Crippen molar-refractivity contribution in [1.29, 1.82) is 0 Å². The molecule has 0 unspecified atom stereocenters. The molecule has 14 nitrogen and oxygen atoms in total. The van der Waals surface area contributed by atoms with E-state index in [9.17, 15) is 19.2 Å². The predicted octanol–water partition coefficient (Wildman–Crippen LogP) is 7.47. The van der Waals surface area contributed by atoms with Crippen molar-refractivity contribution < 1.29 is 19.1 Å². The van der Waals surface area contributed by atoms with Gasteiger partial charge in [0.05, 0.1) is 23.5 Å². The molecule has 17 heteroatoms. The van der Waals surface area contributed by atoms with Crippen molar-refractivity contribution in [3.8, 4) is 11.4 Å². The zero-order valence-corrected chi connectivity index (χ0v) is 37.6. The lowest BCUT2D eigenvalue weighted by Crippen LogP contribution is -2.49. The molecule has 2 aliphatic rings. The summed E-state index contributed by atoms with van der Waals surface area (Å²) >= 11 is 2.14. The quantitative estimate of drug-likeness (QED) is 0.166. The van der Waals surface area contributed by atoms with Crippen molar-refractivity contribution in [2.24, 2.45) is 0 Å². The highest BCUT2D eigenvalue weighted by molar-refractivity contribution is 14.1. The minimum atomic E-state index is -0.579. The number of hydrogen-bond donors (Lipinski definition) is 0. The summed E-state index contributed by atoms with van der Waals surface area (Å²) in [4.78, 5) is 55.2. The molecule has 0 spiro atoms. The molecule has 58 heavy (non-hydrogen) atoms. The Morgan fingerprint density at radius 3 is 1.43 bits per heavy atom. The number of nitrogens with zero attached hydrogens (tertiary/aromatic N) is 8. The normalized spacial score (nSPS) is 16.3.